The molecule has 2 N–H and O–H groups in total. The lowest BCUT2D eigenvalue weighted by Gasteiger charge is -2.30. The first-order valence-electron chi connectivity index (χ1n) is 6.08. The number of nitrogens with two attached hydrogens (primary N) is 1. The van der Waals surface area contributed by atoms with Gasteiger partial charge in [-0.2, -0.15) is 0 Å². The summed E-state index contributed by atoms with van der Waals surface area (Å²) in [5.41, 5.74) is 6.01. The second kappa shape index (κ2) is 4.87. The first-order chi connectivity index (χ1) is 8.08. The van der Waals surface area contributed by atoms with Gasteiger partial charge in [0.15, 0.2) is 5.69 Å². The number of piperidine rings is 1. The highest BCUT2D eigenvalue weighted by Crippen LogP contribution is 2.18. The Balaban J connectivity index is 2.07. The van der Waals surface area contributed by atoms with Gasteiger partial charge in [0.25, 0.3) is 5.91 Å². The molecule has 5 heteroatoms. The van der Waals surface area contributed by atoms with Crippen molar-refractivity contribution in [3.63, 3.8) is 0 Å². The van der Waals surface area contributed by atoms with Crippen molar-refractivity contribution in [2.75, 3.05) is 13.1 Å². The van der Waals surface area contributed by atoms with Crippen LogP contribution in [0.4, 0.5) is 0 Å². The molecule has 0 saturated carbocycles. The Morgan fingerprint density at radius 1 is 1.71 bits per heavy atom. The van der Waals surface area contributed by atoms with Crippen LogP contribution >= 0.6 is 0 Å². The fourth-order valence-electron chi connectivity index (χ4n) is 2.13. The number of amides is 1. The van der Waals surface area contributed by atoms with Gasteiger partial charge in [0.1, 0.15) is 6.26 Å². The molecule has 5 nitrogen and oxygen atoms in total. The van der Waals surface area contributed by atoms with E-state index >= 15 is 0 Å². The van der Waals surface area contributed by atoms with Gasteiger partial charge in [0, 0.05) is 13.1 Å². The minimum atomic E-state index is -0.281. The number of oxazole rings is 1. The first-order valence-corrected chi connectivity index (χ1v) is 6.08. The van der Waals surface area contributed by atoms with Gasteiger partial charge < -0.3 is 15.1 Å². The van der Waals surface area contributed by atoms with E-state index in [1.807, 2.05) is 4.90 Å². The van der Waals surface area contributed by atoms with Gasteiger partial charge in [-0.1, -0.05) is 6.92 Å². The Labute approximate surface area is 101 Å². The van der Waals surface area contributed by atoms with Gasteiger partial charge in [0.2, 0.25) is 5.89 Å². The van der Waals surface area contributed by atoms with Crippen LogP contribution in [0.25, 0.3) is 0 Å². The highest BCUT2D eigenvalue weighted by atomic mass is 16.3. The van der Waals surface area contributed by atoms with Crippen LogP contribution in [-0.4, -0.2) is 28.9 Å². The van der Waals surface area contributed by atoms with Crippen molar-refractivity contribution in [3.05, 3.63) is 17.8 Å². The summed E-state index contributed by atoms with van der Waals surface area (Å²) in [6, 6.07) is -0.281. The predicted molar refractivity (Wildman–Crippen MR) is 63.4 cm³/mol. The van der Waals surface area contributed by atoms with Crippen LogP contribution in [0.5, 0.6) is 0 Å². The molecule has 0 aromatic carbocycles. The molecule has 0 spiro atoms. The Morgan fingerprint density at radius 2 is 2.47 bits per heavy atom. The fourth-order valence-corrected chi connectivity index (χ4v) is 2.13. The lowest BCUT2D eigenvalue weighted by molar-refractivity contribution is 0.0677. The van der Waals surface area contributed by atoms with Gasteiger partial charge in [-0.15, -0.1) is 0 Å². The molecule has 1 amide bonds. The van der Waals surface area contributed by atoms with E-state index in [1.165, 1.54) is 12.7 Å². The minimum absolute atomic E-state index is 0.0489. The van der Waals surface area contributed by atoms with Gasteiger partial charge in [-0.05, 0) is 25.7 Å². The normalized spacial score (nSPS) is 22.5. The summed E-state index contributed by atoms with van der Waals surface area (Å²) < 4.78 is 5.18. The maximum absolute atomic E-state index is 12.1. The molecular weight excluding hydrogens is 218 g/mol. The van der Waals surface area contributed by atoms with Crippen LogP contribution in [0.15, 0.2) is 10.7 Å². The first kappa shape index (κ1) is 12.1. The van der Waals surface area contributed by atoms with Crippen LogP contribution in [0.3, 0.4) is 0 Å². The average Bonchev–Trinajstić information content (AvgIpc) is 2.77. The van der Waals surface area contributed by atoms with Crippen molar-refractivity contribution < 1.29 is 9.21 Å². The molecule has 0 aliphatic carbocycles. The summed E-state index contributed by atoms with van der Waals surface area (Å²) in [4.78, 5) is 18.1. The molecule has 1 fully saturated rings. The standard InChI is InChI=1S/C12H19N3O2/c1-8-4-3-5-15(6-8)12(16)10-7-17-11(14-10)9(2)13/h7-9H,3-6,13H2,1-2H3. The molecule has 1 aliphatic heterocycles. The molecule has 17 heavy (non-hydrogen) atoms. The molecule has 0 radical (unpaired) electrons. The van der Waals surface area contributed by atoms with Gasteiger partial charge in [0.05, 0.1) is 6.04 Å². The van der Waals surface area contributed by atoms with E-state index in [2.05, 4.69) is 11.9 Å². The summed E-state index contributed by atoms with van der Waals surface area (Å²) in [5, 5.41) is 0. The van der Waals surface area contributed by atoms with E-state index in [1.54, 1.807) is 6.92 Å². The van der Waals surface area contributed by atoms with E-state index in [-0.39, 0.29) is 11.9 Å². The lowest BCUT2D eigenvalue weighted by Crippen LogP contribution is -2.39. The molecule has 1 aromatic heterocycles. The number of carbonyl (C=O) groups is 1. The monoisotopic (exact) mass is 237 g/mol. The van der Waals surface area contributed by atoms with Crippen LogP contribution in [-0.2, 0) is 0 Å². The van der Waals surface area contributed by atoms with Crippen LogP contribution in [0.2, 0.25) is 0 Å². The Hall–Kier alpha value is -1.36. The Bertz CT molecular complexity index is 400. The molecule has 2 atom stereocenters. The van der Waals surface area contributed by atoms with Crippen molar-refractivity contribution in [1.82, 2.24) is 9.88 Å². The Morgan fingerprint density at radius 3 is 3.06 bits per heavy atom. The molecule has 94 valence electrons. The van der Waals surface area contributed by atoms with Crippen LogP contribution in [0, 0.1) is 5.92 Å². The highest BCUT2D eigenvalue weighted by molar-refractivity contribution is 5.92. The number of carbonyl (C=O) groups excluding carboxylic acids is 1. The topological polar surface area (TPSA) is 72.4 Å². The summed E-state index contributed by atoms with van der Waals surface area (Å²) in [6.45, 7) is 5.56. The zero-order valence-corrected chi connectivity index (χ0v) is 10.3. The third kappa shape index (κ3) is 2.66. The average molecular weight is 237 g/mol. The maximum Gasteiger partial charge on any atom is 0.275 e. The van der Waals surface area contributed by atoms with Gasteiger partial charge in [-0.25, -0.2) is 4.98 Å². The molecule has 1 aromatic rings. The number of nitrogens with zero attached hydrogens (tertiary/aromatic N) is 2. The van der Waals surface area contributed by atoms with E-state index in [0.717, 1.165) is 19.5 Å². The smallest absolute Gasteiger partial charge is 0.275 e. The number of hydrogen-bond donors (Lipinski definition) is 1. The molecule has 0 bridgehead atoms. The summed E-state index contributed by atoms with van der Waals surface area (Å²) in [5.74, 6) is 0.929. The second-order valence-corrected chi connectivity index (χ2v) is 4.86. The quantitative estimate of drug-likeness (QED) is 0.847. The zero-order chi connectivity index (χ0) is 12.4. The van der Waals surface area contributed by atoms with Crippen LogP contribution < -0.4 is 5.73 Å². The van der Waals surface area contributed by atoms with Crippen molar-refractivity contribution in [2.24, 2.45) is 11.7 Å². The third-order valence-electron chi connectivity index (χ3n) is 3.07. The lowest BCUT2D eigenvalue weighted by atomic mass is 10.0. The summed E-state index contributed by atoms with van der Waals surface area (Å²) >= 11 is 0. The van der Waals surface area contributed by atoms with Crippen molar-refractivity contribution in [1.29, 1.82) is 0 Å². The van der Waals surface area contributed by atoms with Crippen molar-refractivity contribution in [2.45, 2.75) is 32.7 Å². The maximum atomic E-state index is 12.1. The summed E-state index contributed by atoms with van der Waals surface area (Å²) in [6.07, 6.45) is 3.65. The zero-order valence-electron chi connectivity index (χ0n) is 10.3. The van der Waals surface area contributed by atoms with E-state index in [0.29, 0.717) is 17.5 Å². The fraction of sp³-hybridized carbons (Fsp3) is 0.667. The van der Waals surface area contributed by atoms with Crippen LogP contribution in [0.1, 0.15) is 49.1 Å². The number of likely N-dealkylation sites (tertiary alicyclic amines) is 1. The van der Waals surface area contributed by atoms with Crippen molar-refractivity contribution >= 4 is 5.91 Å². The van der Waals surface area contributed by atoms with E-state index in [9.17, 15) is 4.79 Å². The highest BCUT2D eigenvalue weighted by Gasteiger charge is 2.24. The minimum Gasteiger partial charge on any atom is -0.446 e. The second-order valence-electron chi connectivity index (χ2n) is 4.86. The van der Waals surface area contributed by atoms with Gasteiger partial charge in [-0.3, -0.25) is 4.79 Å². The summed E-state index contributed by atoms with van der Waals surface area (Å²) in [7, 11) is 0. The molecule has 1 aliphatic rings. The molecular formula is C12H19N3O2. The molecule has 2 heterocycles. The number of aromatic nitrogens is 1. The molecule has 2 unspecified atom stereocenters. The number of rotatable bonds is 2. The molecule has 2 rings (SSSR count). The SMILES string of the molecule is CC1CCCN(C(=O)c2coc(C(C)N)n2)C1. The number of hydrogen-bond acceptors (Lipinski definition) is 4. The predicted octanol–water partition coefficient (Wildman–Crippen LogP) is 1.57. The van der Waals surface area contributed by atoms with Gasteiger partial charge >= 0.3 is 0 Å². The van der Waals surface area contributed by atoms with E-state index in [4.69, 9.17) is 10.2 Å². The Kier molecular flexibility index (Phi) is 3.47. The largest absolute Gasteiger partial charge is 0.446 e. The van der Waals surface area contributed by atoms with E-state index < -0.39 is 0 Å². The third-order valence-corrected chi connectivity index (χ3v) is 3.07. The van der Waals surface area contributed by atoms with Crippen molar-refractivity contribution in [3.8, 4) is 0 Å². The molecule has 1 saturated heterocycles.